The van der Waals surface area contributed by atoms with Crippen molar-refractivity contribution in [1.29, 1.82) is 0 Å². The van der Waals surface area contributed by atoms with Gasteiger partial charge in [0.2, 0.25) is 5.91 Å². The molecule has 1 N–H and O–H groups in total. The van der Waals surface area contributed by atoms with Crippen molar-refractivity contribution in [2.24, 2.45) is 0 Å². The van der Waals surface area contributed by atoms with E-state index < -0.39 is 0 Å². The Bertz CT molecular complexity index is 891. The van der Waals surface area contributed by atoms with Crippen molar-refractivity contribution < 1.29 is 4.79 Å². The summed E-state index contributed by atoms with van der Waals surface area (Å²) in [5.41, 5.74) is 4.40. The number of carbonyl (C=O) groups is 1. The lowest BCUT2D eigenvalue weighted by molar-refractivity contribution is -0.133. The van der Waals surface area contributed by atoms with E-state index in [9.17, 15) is 4.79 Å². The number of H-pyrrole nitrogens is 1. The van der Waals surface area contributed by atoms with Crippen molar-refractivity contribution >= 4 is 5.91 Å². The maximum Gasteiger partial charge on any atom is 0.229 e. The fraction of sp³-hybridized carbons (Fsp3) is 0.318. The van der Waals surface area contributed by atoms with E-state index >= 15 is 0 Å². The van der Waals surface area contributed by atoms with Crippen LogP contribution < -0.4 is 0 Å². The molecule has 1 aliphatic rings. The van der Waals surface area contributed by atoms with Crippen LogP contribution in [0.5, 0.6) is 0 Å². The second-order valence-corrected chi connectivity index (χ2v) is 7.19. The first kappa shape index (κ1) is 17.5. The highest BCUT2D eigenvalue weighted by molar-refractivity contribution is 5.83. The van der Waals surface area contributed by atoms with E-state index in [1.54, 1.807) is 12.4 Å². The maximum atomic E-state index is 13.1. The lowest BCUT2D eigenvalue weighted by Gasteiger charge is -2.34. The number of aromatic nitrogens is 3. The number of amides is 1. The Labute approximate surface area is 159 Å². The minimum absolute atomic E-state index is 0.119. The lowest BCUT2D eigenvalue weighted by Crippen LogP contribution is -2.41. The predicted molar refractivity (Wildman–Crippen MR) is 105 cm³/mol. The van der Waals surface area contributed by atoms with Crippen LogP contribution >= 0.6 is 0 Å². The van der Waals surface area contributed by atoms with E-state index in [-0.39, 0.29) is 17.7 Å². The molecule has 0 bridgehead atoms. The maximum absolute atomic E-state index is 13.1. The molecule has 2 atom stereocenters. The van der Waals surface area contributed by atoms with Crippen molar-refractivity contribution in [3.8, 4) is 11.1 Å². The number of nitrogens with zero attached hydrogens (tertiary/aromatic N) is 3. The SMILES string of the molecule is C[C@@H](C(=O)N1CCC[C@@H](c2[nH]ncc2-c2ccncc2)C1)c1ccccc1. The number of pyridine rings is 1. The molecule has 4 rings (SSSR count). The van der Waals surface area contributed by atoms with Gasteiger partial charge in [-0.25, -0.2) is 0 Å². The normalized spacial score (nSPS) is 18.3. The van der Waals surface area contributed by atoms with Gasteiger partial charge in [0.15, 0.2) is 0 Å². The molecule has 27 heavy (non-hydrogen) atoms. The molecule has 2 aromatic heterocycles. The van der Waals surface area contributed by atoms with Crippen molar-refractivity contribution in [2.45, 2.75) is 31.6 Å². The topological polar surface area (TPSA) is 61.9 Å². The van der Waals surface area contributed by atoms with Gasteiger partial charge in [0.05, 0.1) is 12.1 Å². The van der Waals surface area contributed by atoms with Crippen molar-refractivity contribution in [1.82, 2.24) is 20.1 Å². The minimum atomic E-state index is -0.119. The van der Waals surface area contributed by atoms with Crippen LogP contribution in [0.3, 0.4) is 0 Å². The van der Waals surface area contributed by atoms with Crippen LogP contribution in [0.2, 0.25) is 0 Å². The monoisotopic (exact) mass is 360 g/mol. The third kappa shape index (κ3) is 3.63. The van der Waals surface area contributed by atoms with E-state index in [1.165, 1.54) is 0 Å². The molecule has 138 valence electrons. The summed E-state index contributed by atoms with van der Waals surface area (Å²) >= 11 is 0. The highest BCUT2D eigenvalue weighted by Crippen LogP contribution is 2.33. The first-order valence-electron chi connectivity index (χ1n) is 9.51. The summed E-state index contributed by atoms with van der Waals surface area (Å²) in [7, 11) is 0. The Hall–Kier alpha value is -2.95. The number of piperidine rings is 1. The van der Waals surface area contributed by atoms with Crippen LogP contribution in [-0.4, -0.2) is 39.1 Å². The van der Waals surface area contributed by atoms with Crippen LogP contribution in [-0.2, 0) is 4.79 Å². The number of rotatable bonds is 4. The van der Waals surface area contributed by atoms with Crippen LogP contribution in [0.1, 0.15) is 42.9 Å². The number of hydrogen-bond donors (Lipinski definition) is 1. The number of nitrogens with one attached hydrogen (secondary N) is 1. The molecular weight excluding hydrogens is 336 g/mol. The predicted octanol–water partition coefficient (Wildman–Crippen LogP) is 3.98. The van der Waals surface area contributed by atoms with Gasteiger partial charge < -0.3 is 4.90 Å². The number of likely N-dealkylation sites (tertiary alicyclic amines) is 1. The minimum Gasteiger partial charge on any atom is -0.342 e. The standard InChI is InChI=1S/C22H24N4O/c1-16(17-6-3-2-4-7-17)22(27)26-13-5-8-19(15-26)21-20(14-24-25-21)18-9-11-23-12-10-18/h2-4,6-7,9-12,14,16,19H,5,8,13,15H2,1H3,(H,24,25)/t16-,19-/m1/s1. The lowest BCUT2D eigenvalue weighted by atomic mass is 9.89. The zero-order chi connectivity index (χ0) is 18.6. The fourth-order valence-electron chi connectivity index (χ4n) is 3.94. The summed E-state index contributed by atoms with van der Waals surface area (Å²) in [5, 5.41) is 7.46. The largest absolute Gasteiger partial charge is 0.342 e. The molecule has 5 heteroatoms. The van der Waals surface area contributed by atoms with Crippen molar-refractivity contribution in [3.05, 3.63) is 72.3 Å². The van der Waals surface area contributed by atoms with E-state index in [0.717, 1.165) is 48.3 Å². The van der Waals surface area contributed by atoms with Gasteiger partial charge in [-0.3, -0.25) is 14.9 Å². The van der Waals surface area contributed by atoms with Gasteiger partial charge >= 0.3 is 0 Å². The van der Waals surface area contributed by atoms with Crippen LogP contribution in [0.25, 0.3) is 11.1 Å². The number of aromatic amines is 1. The number of carbonyl (C=O) groups excluding carboxylic acids is 1. The van der Waals surface area contributed by atoms with Gasteiger partial charge in [0.1, 0.15) is 0 Å². The molecule has 1 aliphatic heterocycles. The summed E-state index contributed by atoms with van der Waals surface area (Å²) in [6, 6.07) is 14.0. The van der Waals surface area contributed by atoms with Crippen molar-refractivity contribution in [3.63, 3.8) is 0 Å². The molecular formula is C22H24N4O. The zero-order valence-corrected chi connectivity index (χ0v) is 15.5. The molecule has 0 radical (unpaired) electrons. The molecule has 3 heterocycles. The van der Waals surface area contributed by atoms with E-state index in [2.05, 4.69) is 15.2 Å². The summed E-state index contributed by atoms with van der Waals surface area (Å²) in [6.45, 7) is 3.56. The van der Waals surface area contributed by atoms with Gasteiger partial charge in [0.25, 0.3) is 0 Å². The highest BCUT2D eigenvalue weighted by atomic mass is 16.2. The smallest absolute Gasteiger partial charge is 0.229 e. The fourth-order valence-corrected chi connectivity index (χ4v) is 3.94. The Morgan fingerprint density at radius 3 is 2.74 bits per heavy atom. The Kier molecular flexibility index (Phi) is 5.01. The number of benzene rings is 1. The molecule has 0 saturated carbocycles. The second-order valence-electron chi connectivity index (χ2n) is 7.19. The van der Waals surface area contributed by atoms with Gasteiger partial charge in [-0.2, -0.15) is 5.10 Å². The molecule has 1 fully saturated rings. The van der Waals surface area contributed by atoms with E-state index in [4.69, 9.17) is 0 Å². The third-order valence-corrected chi connectivity index (χ3v) is 5.47. The van der Waals surface area contributed by atoms with Crippen molar-refractivity contribution in [2.75, 3.05) is 13.1 Å². The molecule has 3 aromatic rings. The van der Waals surface area contributed by atoms with E-state index in [1.807, 2.05) is 60.5 Å². The number of hydrogen-bond acceptors (Lipinski definition) is 3. The summed E-state index contributed by atoms with van der Waals surface area (Å²) in [5.74, 6) is 0.360. The molecule has 1 saturated heterocycles. The van der Waals surface area contributed by atoms with Gasteiger partial charge in [-0.05, 0) is 43.0 Å². The Morgan fingerprint density at radius 2 is 1.96 bits per heavy atom. The summed E-state index contributed by atoms with van der Waals surface area (Å²) in [4.78, 5) is 19.2. The summed E-state index contributed by atoms with van der Waals surface area (Å²) in [6.07, 6.45) is 7.53. The highest BCUT2D eigenvalue weighted by Gasteiger charge is 2.30. The van der Waals surface area contributed by atoms with Crippen LogP contribution in [0.4, 0.5) is 0 Å². The third-order valence-electron chi connectivity index (χ3n) is 5.47. The first-order chi connectivity index (χ1) is 13.2. The quantitative estimate of drug-likeness (QED) is 0.765. The van der Waals surface area contributed by atoms with Gasteiger partial charge in [0, 0.05) is 42.7 Å². The Balaban J connectivity index is 1.53. The Morgan fingerprint density at radius 1 is 1.19 bits per heavy atom. The second kappa shape index (κ2) is 7.74. The molecule has 1 amide bonds. The first-order valence-corrected chi connectivity index (χ1v) is 9.51. The molecule has 1 aromatic carbocycles. The zero-order valence-electron chi connectivity index (χ0n) is 15.5. The molecule has 0 aliphatic carbocycles. The van der Waals surface area contributed by atoms with Gasteiger partial charge in [-0.1, -0.05) is 30.3 Å². The van der Waals surface area contributed by atoms with E-state index in [0.29, 0.717) is 0 Å². The van der Waals surface area contributed by atoms with Gasteiger partial charge in [-0.15, -0.1) is 0 Å². The van der Waals surface area contributed by atoms with Crippen LogP contribution in [0.15, 0.2) is 61.1 Å². The molecule has 0 unspecified atom stereocenters. The molecule has 5 nitrogen and oxygen atoms in total. The average Bonchev–Trinajstić information content (AvgIpc) is 3.24. The molecule has 0 spiro atoms. The average molecular weight is 360 g/mol. The van der Waals surface area contributed by atoms with Crippen LogP contribution in [0, 0.1) is 0 Å². The summed E-state index contributed by atoms with van der Waals surface area (Å²) < 4.78 is 0.